The summed E-state index contributed by atoms with van der Waals surface area (Å²) in [6.45, 7) is 1.52. The van der Waals surface area contributed by atoms with Crippen LogP contribution in [0.25, 0.3) is 10.9 Å². The number of hydrogen-bond donors (Lipinski definition) is 1. The van der Waals surface area contributed by atoms with Crippen molar-refractivity contribution in [3.63, 3.8) is 0 Å². The summed E-state index contributed by atoms with van der Waals surface area (Å²) in [5.74, 6) is 0. The van der Waals surface area contributed by atoms with Crippen LogP contribution in [0.5, 0.6) is 0 Å². The van der Waals surface area contributed by atoms with Crippen molar-refractivity contribution >= 4 is 22.5 Å². The van der Waals surface area contributed by atoms with Crippen molar-refractivity contribution in [3.8, 4) is 0 Å². The molecule has 21 heavy (non-hydrogen) atoms. The van der Waals surface area contributed by atoms with E-state index in [2.05, 4.69) is 40.0 Å². The van der Waals surface area contributed by atoms with Gasteiger partial charge in [0.1, 0.15) is 5.15 Å². The average molecular weight is 300 g/mol. The zero-order valence-corrected chi connectivity index (χ0v) is 12.6. The molecule has 3 aromatic rings. The van der Waals surface area contributed by atoms with E-state index in [1.165, 1.54) is 16.5 Å². The van der Waals surface area contributed by atoms with E-state index in [1.807, 2.05) is 18.3 Å². The van der Waals surface area contributed by atoms with Crippen LogP contribution < -0.4 is 5.73 Å². The minimum atomic E-state index is 0.528. The first-order chi connectivity index (χ1) is 10.3. The van der Waals surface area contributed by atoms with Gasteiger partial charge >= 0.3 is 0 Å². The van der Waals surface area contributed by atoms with Crippen molar-refractivity contribution in [1.82, 2.24) is 9.55 Å². The summed E-state index contributed by atoms with van der Waals surface area (Å²) in [4.78, 5) is 4.15. The highest BCUT2D eigenvalue weighted by Crippen LogP contribution is 2.23. The molecule has 2 N–H and O–H groups in total. The number of aryl methyl sites for hydroxylation is 1. The molecule has 0 fully saturated rings. The summed E-state index contributed by atoms with van der Waals surface area (Å²) >= 11 is 5.84. The smallest absolute Gasteiger partial charge is 0.129 e. The minimum Gasteiger partial charge on any atom is -0.343 e. The SMILES string of the molecule is NCCCc1cn(Cc2ccc(Cl)nc2)c2ccccc12. The third-order valence-corrected chi connectivity index (χ3v) is 3.89. The Balaban J connectivity index is 1.96. The van der Waals surface area contributed by atoms with Gasteiger partial charge in [-0.15, -0.1) is 0 Å². The van der Waals surface area contributed by atoms with E-state index in [0.717, 1.165) is 31.5 Å². The molecule has 0 aliphatic carbocycles. The Bertz CT molecular complexity index is 731. The van der Waals surface area contributed by atoms with Crippen LogP contribution in [-0.4, -0.2) is 16.1 Å². The van der Waals surface area contributed by atoms with Gasteiger partial charge in [0.05, 0.1) is 0 Å². The summed E-state index contributed by atoms with van der Waals surface area (Å²) in [5.41, 5.74) is 9.39. The molecule has 2 aromatic heterocycles. The highest BCUT2D eigenvalue weighted by Gasteiger charge is 2.08. The number of halogens is 1. The van der Waals surface area contributed by atoms with Crippen LogP contribution in [0.4, 0.5) is 0 Å². The number of fused-ring (bicyclic) bond motifs is 1. The second-order valence-corrected chi connectivity index (χ2v) is 5.57. The van der Waals surface area contributed by atoms with Gasteiger partial charge in [-0.05, 0) is 42.6 Å². The quantitative estimate of drug-likeness (QED) is 0.731. The molecule has 0 spiro atoms. The van der Waals surface area contributed by atoms with E-state index in [1.54, 1.807) is 0 Å². The summed E-state index contributed by atoms with van der Waals surface area (Å²) in [5, 5.41) is 1.84. The molecule has 0 saturated carbocycles. The van der Waals surface area contributed by atoms with E-state index < -0.39 is 0 Å². The van der Waals surface area contributed by atoms with Gasteiger partial charge in [-0.1, -0.05) is 35.9 Å². The van der Waals surface area contributed by atoms with Gasteiger partial charge in [-0.25, -0.2) is 4.98 Å². The molecule has 0 amide bonds. The first-order valence-corrected chi connectivity index (χ1v) is 7.53. The van der Waals surface area contributed by atoms with Gasteiger partial charge in [0.15, 0.2) is 0 Å². The fourth-order valence-corrected chi connectivity index (χ4v) is 2.75. The van der Waals surface area contributed by atoms with Crippen LogP contribution in [0.3, 0.4) is 0 Å². The standard InChI is InChI=1S/C17H18ClN3/c18-17-8-7-13(10-20-17)11-21-12-14(4-3-9-19)15-5-1-2-6-16(15)21/h1-2,5-8,10,12H,3-4,9,11,19H2. The lowest BCUT2D eigenvalue weighted by Crippen LogP contribution is -2.00. The second kappa shape index (κ2) is 6.29. The number of aromatic nitrogens is 2. The summed E-state index contributed by atoms with van der Waals surface area (Å²) in [7, 11) is 0. The van der Waals surface area contributed by atoms with Crippen LogP contribution in [0.2, 0.25) is 5.15 Å². The number of hydrogen-bond acceptors (Lipinski definition) is 2. The van der Waals surface area contributed by atoms with Gasteiger partial charge in [-0.2, -0.15) is 0 Å². The third-order valence-electron chi connectivity index (χ3n) is 3.66. The number of rotatable bonds is 5. The van der Waals surface area contributed by atoms with Crippen LogP contribution in [0.15, 0.2) is 48.8 Å². The van der Waals surface area contributed by atoms with Crippen molar-refractivity contribution in [2.45, 2.75) is 19.4 Å². The van der Waals surface area contributed by atoms with Crippen molar-refractivity contribution < 1.29 is 0 Å². The van der Waals surface area contributed by atoms with Gasteiger partial charge in [0.25, 0.3) is 0 Å². The molecular weight excluding hydrogens is 282 g/mol. The molecule has 0 saturated heterocycles. The van der Waals surface area contributed by atoms with Crippen molar-refractivity contribution in [2.75, 3.05) is 6.54 Å². The number of para-hydroxylation sites is 1. The Kier molecular flexibility index (Phi) is 4.23. The lowest BCUT2D eigenvalue weighted by molar-refractivity contribution is 0.804. The predicted molar refractivity (Wildman–Crippen MR) is 87.7 cm³/mol. The Morgan fingerprint density at radius 1 is 1.14 bits per heavy atom. The zero-order valence-electron chi connectivity index (χ0n) is 11.8. The molecule has 0 aliphatic heterocycles. The largest absolute Gasteiger partial charge is 0.343 e. The maximum absolute atomic E-state index is 5.84. The maximum atomic E-state index is 5.84. The van der Waals surface area contributed by atoms with E-state index in [4.69, 9.17) is 17.3 Å². The van der Waals surface area contributed by atoms with Crippen LogP contribution in [0.1, 0.15) is 17.5 Å². The molecule has 0 bridgehead atoms. The number of pyridine rings is 1. The molecule has 2 heterocycles. The third kappa shape index (κ3) is 3.09. The second-order valence-electron chi connectivity index (χ2n) is 5.18. The maximum Gasteiger partial charge on any atom is 0.129 e. The number of nitrogens with zero attached hydrogens (tertiary/aromatic N) is 2. The average Bonchev–Trinajstić information content (AvgIpc) is 2.86. The first kappa shape index (κ1) is 14.1. The molecule has 1 aromatic carbocycles. The first-order valence-electron chi connectivity index (χ1n) is 7.15. The number of benzene rings is 1. The molecule has 108 valence electrons. The van der Waals surface area contributed by atoms with Crippen molar-refractivity contribution in [1.29, 1.82) is 0 Å². The molecule has 4 heteroatoms. The fraction of sp³-hybridized carbons (Fsp3) is 0.235. The Hall–Kier alpha value is -1.84. The van der Waals surface area contributed by atoms with Crippen LogP contribution in [-0.2, 0) is 13.0 Å². The van der Waals surface area contributed by atoms with Gasteiger partial charge in [0.2, 0.25) is 0 Å². The van der Waals surface area contributed by atoms with Gasteiger partial charge < -0.3 is 10.3 Å². The normalized spacial score (nSPS) is 11.1. The molecule has 3 nitrogen and oxygen atoms in total. The molecule has 0 aliphatic rings. The molecule has 0 atom stereocenters. The summed E-state index contributed by atoms with van der Waals surface area (Å²) in [6, 6.07) is 12.3. The number of nitrogens with two attached hydrogens (primary N) is 1. The Labute approximate surface area is 129 Å². The van der Waals surface area contributed by atoms with Crippen LogP contribution in [0, 0.1) is 0 Å². The lowest BCUT2D eigenvalue weighted by atomic mass is 10.1. The Morgan fingerprint density at radius 2 is 2.00 bits per heavy atom. The zero-order chi connectivity index (χ0) is 14.7. The molecular formula is C17H18ClN3. The van der Waals surface area contributed by atoms with Crippen molar-refractivity contribution in [3.05, 3.63) is 65.1 Å². The topological polar surface area (TPSA) is 43.8 Å². The van der Waals surface area contributed by atoms with Gasteiger partial charge in [-0.3, -0.25) is 0 Å². The lowest BCUT2D eigenvalue weighted by Gasteiger charge is -2.05. The molecule has 0 radical (unpaired) electrons. The predicted octanol–water partition coefficient (Wildman–Crippen LogP) is 3.63. The van der Waals surface area contributed by atoms with E-state index in [9.17, 15) is 0 Å². The monoisotopic (exact) mass is 299 g/mol. The fourth-order valence-electron chi connectivity index (χ4n) is 2.64. The summed E-state index contributed by atoms with van der Waals surface area (Å²) in [6.07, 6.45) is 6.09. The van der Waals surface area contributed by atoms with Crippen molar-refractivity contribution in [2.24, 2.45) is 5.73 Å². The van der Waals surface area contributed by atoms with E-state index in [-0.39, 0.29) is 0 Å². The molecule has 0 unspecified atom stereocenters. The minimum absolute atomic E-state index is 0.528. The highest BCUT2D eigenvalue weighted by molar-refractivity contribution is 6.29. The van der Waals surface area contributed by atoms with Gasteiger partial charge in [0, 0.05) is 29.8 Å². The van der Waals surface area contributed by atoms with E-state index in [0.29, 0.717) is 5.15 Å². The Morgan fingerprint density at radius 3 is 2.76 bits per heavy atom. The van der Waals surface area contributed by atoms with E-state index >= 15 is 0 Å². The molecule has 3 rings (SSSR count). The van der Waals surface area contributed by atoms with Crippen LogP contribution >= 0.6 is 11.6 Å². The highest BCUT2D eigenvalue weighted by atomic mass is 35.5. The summed E-state index contributed by atoms with van der Waals surface area (Å²) < 4.78 is 2.27.